The van der Waals surface area contributed by atoms with Gasteiger partial charge in [-0.3, -0.25) is 4.79 Å². The van der Waals surface area contributed by atoms with E-state index in [4.69, 9.17) is 5.26 Å². The van der Waals surface area contributed by atoms with Crippen LogP contribution in [0.1, 0.15) is 12.5 Å². The van der Waals surface area contributed by atoms with Crippen molar-refractivity contribution in [2.45, 2.75) is 12.5 Å². The largest absolute Gasteiger partial charge is 0.374 e. The summed E-state index contributed by atoms with van der Waals surface area (Å²) in [6, 6.07) is 8.93. The molecule has 0 saturated heterocycles. The van der Waals surface area contributed by atoms with Crippen molar-refractivity contribution in [3.8, 4) is 6.07 Å². The lowest BCUT2D eigenvalue weighted by atomic mass is 9.84. The van der Waals surface area contributed by atoms with Crippen molar-refractivity contribution in [3.63, 3.8) is 0 Å². The predicted octanol–water partition coefficient (Wildman–Crippen LogP) is 1.01. The van der Waals surface area contributed by atoms with Crippen molar-refractivity contribution in [2.75, 3.05) is 11.9 Å². The highest BCUT2D eigenvalue weighted by atomic mass is 16.3. The fourth-order valence-corrected chi connectivity index (χ4v) is 2.08. The molecule has 1 aliphatic rings. The lowest BCUT2D eigenvalue weighted by molar-refractivity contribution is -0.139. The molecule has 4 heteroatoms. The number of nitrogens with zero attached hydrogens (tertiary/aromatic N) is 2. The van der Waals surface area contributed by atoms with Crippen LogP contribution in [0.25, 0.3) is 0 Å². The van der Waals surface area contributed by atoms with Crippen LogP contribution in [0.3, 0.4) is 0 Å². The maximum absolute atomic E-state index is 12.0. The monoisotopic (exact) mass is 216 g/mol. The van der Waals surface area contributed by atoms with Gasteiger partial charge in [-0.15, -0.1) is 0 Å². The molecule has 16 heavy (non-hydrogen) atoms. The molecule has 4 nitrogen and oxygen atoms in total. The maximum atomic E-state index is 12.0. The molecular formula is C12H12N2O2. The van der Waals surface area contributed by atoms with E-state index in [0.717, 1.165) is 0 Å². The minimum atomic E-state index is -1.71. The van der Waals surface area contributed by atoms with E-state index in [9.17, 15) is 9.90 Å². The van der Waals surface area contributed by atoms with E-state index in [2.05, 4.69) is 0 Å². The van der Waals surface area contributed by atoms with Gasteiger partial charge in [0.05, 0.1) is 17.7 Å². The maximum Gasteiger partial charge on any atom is 0.264 e. The number of hydrogen-bond acceptors (Lipinski definition) is 3. The normalized spacial score (nSPS) is 25.1. The number of aliphatic hydroxyl groups is 1. The molecule has 0 fully saturated rings. The average Bonchev–Trinajstić information content (AvgIpc) is 2.52. The molecule has 2 unspecified atom stereocenters. The van der Waals surface area contributed by atoms with Crippen molar-refractivity contribution in [3.05, 3.63) is 29.8 Å². The molecule has 2 rings (SSSR count). The zero-order chi connectivity index (χ0) is 11.9. The summed E-state index contributed by atoms with van der Waals surface area (Å²) in [6.45, 7) is 1.55. The summed E-state index contributed by atoms with van der Waals surface area (Å²) in [6.07, 6.45) is 0. The minimum absolute atomic E-state index is 0.442. The van der Waals surface area contributed by atoms with Crippen LogP contribution in [0, 0.1) is 17.2 Å². The Morgan fingerprint density at radius 1 is 1.50 bits per heavy atom. The predicted molar refractivity (Wildman–Crippen MR) is 58.5 cm³/mol. The number of amides is 1. The van der Waals surface area contributed by atoms with Gasteiger partial charge < -0.3 is 10.0 Å². The van der Waals surface area contributed by atoms with Gasteiger partial charge in [0.15, 0.2) is 5.60 Å². The van der Waals surface area contributed by atoms with Gasteiger partial charge >= 0.3 is 0 Å². The second-order valence-corrected chi connectivity index (χ2v) is 4.00. The van der Waals surface area contributed by atoms with Crippen LogP contribution in [0.5, 0.6) is 0 Å². The van der Waals surface area contributed by atoms with Crippen LogP contribution in [-0.4, -0.2) is 18.1 Å². The Kier molecular flexibility index (Phi) is 2.21. The second kappa shape index (κ2) is 3.32. The minimum Gasteiger partial charge on any atom is -0.374 e. The van der Waals surface area contributed by atoms with Crippen LogP contribution >= 0.6 is 0 Å². The van der Waals surface area contributed by atoms with Crippen LogP contribution in [0.4, 0.5) is 5.69 Å². The molecule has 2 atom stereocenters. The molecule has 0 spiro atoms. The van der Waals surface area contributed by atoms with E-state index >= 15 is 0 Å². The van der Waals surface area contributed by atoms with Gasteiger partial charge in [-0.05, 0) is 13.0 Å². The van der Waals surface area contributed by atoms with Crippen molar-refractivity contribution in [1.29, 1.82) is 5.26 Å². The zero-order valence-electron chi connectivity index (χ0n) is 9.14. The Bertz CT molecular complexity index is 492. The summed E-state index contributed by atoms with van der Waals surface area (Å²) < 4.78 is 0. The molecule has 82 valence electrons. The Hall–Kier alpha value is -1.86. The fraction of sp³-hybridized carbons (Fsp3) is 0.333. The smallest absolute Gasteiger partial charge is 0.264 e. The van der Waals surface area contributed by atoms with Crippen LogP contribution in [-0.2, 0) is 10.4 Å². The molecule has 0 aromatic heterocycles. The first kappa shape index (κ1) is 10.7. The summed E-state index contributed by atoms with van der Waals surface area (Å²) in [5.74, 6) is -1.21. The van der Waals surface area contributed by atoms with E-state index in [1.165, 1.54) is 4.90 Å². The highest BCUT2D eigenvalue weighted by Gasteiger charge is 2.52. The van der Waals surface area contributed by atoms with E-state index in [-0.39, 0.29) is 0 Å². The number of fused-ring (bicyclic) bond motifs is 1. The SMILES string of the molecule is CC(C#N)C1(O)C(=O)N(C)c2ccccc21. The van der Waals surface area contributed by atoms with Gasteiger partial charge in [0, 0.05) is 12.6 Å². The summed E-state index contributed by atoms with van der Waals surface area (Å²) in [4.78, 5) is 13.4. The standard InChI is InChI=1S/C12H12N2O2/c1-8(7-13)12(16)9-5-3-4-6-10(9)14(2)11(12)15/h3-6,8,16H,1-2H3. The quantitative estimate of drug-likeness (QED) is 0.762. The number of para-hydroxylation sites is 1. The number of benzene rings is 1. The van der Waals surface area contributed by atoms with E-state index < -0.39 is 17.4 Å². The number of carbonyl (C=O) groups is 1. The number of likely N-dealkylation sites (N-methyl/N-ethyl adjacent to an activating group) is 1. The van der Waals surface area contributed by atoms with E-state index in [1.54, 1.807) is 38.2 Å². The van der Waals surface area contributed by atoms with Gasteiger partial charge in [0.2, 0.25) is 0 Å². The summed E-state index contributed by atoms with van der Waals surface area (Å²) in [5, 5.41) is 19.3. The van der Waals surface area contributed by atoms with Gasteiger partial charge in [0.1, 0.15) is 0 Å². The highest BCUT2D eigenvalue weighted by Crippen LogP contribution is 2.43. The first-order valence-corrected chi connectivity index (χ1v) is 5.03. The van der Waals surface area contributed by atoms with Crippen molar-refractivity contribution >= 4 is 11.6 Å². The Morgan fingerprint density at radius 2 is 2.12 bits per heavy atom. The summed E-state index contributed by atoms with van der Waals surface area (Å²) in [5.41, 5.74) is -0.534. The molecule has 1 heterocycles. The lowest BCUT2D eigenvalue weighted by Crippen LogP contribution is -2.43. The fourth-order valence-electron chi connectivity index (χ4n) is 2.08. The van der Waals surface area contributed by atoms with Crippen molar-refractivity contribution < 1.29 is 9.90 Å². The third-order valence-electron chi connectivity index (χ3n) is 3.13. The second-order valence-electron chi connectivity index (χ2n) is 4.00. The van der Waals surface area contributed by atoms with Gasteiger partial charge in [-0.2, -0.15) is 5.26 Å². The molecule has 1 aliphatic heterocycles. The van der Waals surface area contributed by atoms with E-state index in [1.807, 2.05) is 6.07 Å². The number of nitriles is 1. The lowest BCUT2D eigenvalue weighted by Gasteiger charge is -2.23. The van der Waals surface area contributed by atoms with E-state index in [0.29, 0.717) is 11.3 Å². The molecular weight excluding hydrogens is 204 g/mol. The van der Waals surface area contributed by atoms with Crippen molar-refractivity contribution in [2.24, 2.45) is 5.92 Å². The molecule has 0 bridgehead atoms. The number of carbonyl (C=O) groups excluding carboxylic acids is 1. The third kappa shape index (κ3) is 1.09. The van der Waals surface area contributed by atoms with Crippen LogP contribution in [0.2, 0.25) is 0 Å². The van der Waals surface area contributed by atoms with Gasteiger partial charge in [-0.25, -0.2) is 0 Å². The first-order chi connectivity index (χ1) is 7.53. The number of anilines is 1. The molecule has 1 N–H and O–H groups in total. The van der Waals surface area contributed by atoms with Crippen LogP contribution in [0.15, 0.2) is 24.3 Å². The topological polar surface area (TPSA) is 64.3 Å². The average molecular weight is 216 g/mol. The molecule has 1 aromatic carbocycles. The van der Waals surface area contributed by atoms with Gasteiger partial charge in [0.25, 0.3) is 5.91 Å². The van der Waals surface area contributed by atoms with Crippen molar-refractivity contribution in [1.82, 2.24) is 0 Å². The molecule has 1 aromatic rings. The first-order valence-electron chi connectivity index (χ1n) is 5.03. The molecule has 1 amide bonds. The molecule has 0 radical (unpaired) electrons. The molecule has 0 aliphatic carbocycles. The summed E-state index contributed by atoms with van der Waals surface area (Å²) >= 11 is 0. The molecule has 0 saturated carbocycles. The Morgan fingerprint density at radius 3 is 2.75 bits per heavy atom. The zero-order valence-corrected chi connectivity index (χ0v) is 9.14. The van der Waals surface area contributed by atoms with Gasteiger partial charge in [-0.1, -0.05) is 18.2 Å². The van der Waals surface area contributed by atoms with Crippen LogP contribution < -0.4 is 4.90 Å². The summed E-state index contributed by atoms with van der Waals surface area (Å²) in [7, 11) is 1.60. The third-order valence-corrected chi connectivity index (χ3v) is 3.13. The number of hydrogen-bond donors (Lipinski definition) is 1. The Balaban J connectivity index is 2.66. The number of rotatable bonds is 1. The highest BCUT2D eigenvalue weighted by molar-refractivity contribution is 6.06. The Labute approximate surface area is 93.7 Å².